The molecule has 1 N–H and O–H groups in total. The second-order valence-electron chi connectivity index (χ2n) is 3.47. The van der Waals surface area contributed by atoms with Crippen LogP contribution in [0.1, 0.15) is 19.4 Å². The molecular weight excluding hydrogens is 222 g/mol. The Kier molecular flexibility index (Phi) is 4.68. The summed E-state index contributed by atoms with van der Waals surface area (Å²) < 4.78 is 5.35. The van der Waals surface area contributed by atoms with E-state index in [1.807, 2.05) is 20.8 Å². The van der Waals surface area contributed by atoms with Gasteiger partial charge in [-0.2, -0.15) is 0 Å². The molecule has 1 rings (SSSR count). The molecule has 0 amide bonds. The Balaban J connectivity index is 3.02. The maximum atomic E-state index is 10.7. The summed E-state index contributed by atoms with van der Waals surface area (Å²) in [7, 11) is 0. The molecule has 0 fully saturated rings. The third kappa shape index (κ3) is 3.30. The van der Waals surface area contributed by atoms with Gasteiger partial charge >= 0.3 is 5.97 Å². The van der Waals surface area contributed by atoms with Crippen LogP contribution in [0.5, 0.6) is 5.88 Å². The second kappa shape index (κ2) is 6.03. The summed E-state index contributed by atoms with van der Waals surface area (Å²) in [5.41, 5.74) is 0.762. The van der Waals surface area contributed by atoms with Crippen LogP contribution in [0.4, 0.5) is 5.82 Å². The highest BCUT2D eigenvalue weighted by atomic mass is 16.5. The molecule has 1 heterocycles. The lowest BCUT2D eigenvalue weighted by atomic mass is 10.3. The zero-order chi connectivity index (χ0) is 12.8. The van der Waals surface area contributed by atoms with Crippen molar-refractivity contribution >= 4 is 11.8 Å². The lowest BCUT2D eigenvalue weighted by molar-refractivity contribution is -0.135. The fourth-order valence-corrected chi connectivity index (χ4v) is 1.53. The topological polar surface area (TPSA) is 75.6 Å². The van der Waals surface area contributed by atoms with Crippen LogP contribution in [-0.2, 0) is 4.79 Å². The summed E-state index contributed by atoms with van der Waals surface area (Å²) in [5, 5.41) is 8.82. The molecule has 0 aliphatic carbocycles. The number of carbonyl (C=O) groups is 1. The van der Waals surface area contributed by atoms with Gasteiger partial charge in [0.1, 0.15) is 18.7 Å². The van der Waals surface area contributed by atoms with E-state index in [1.165, 1.54) is 6.33 Å². The molecule has 6 heteroatoms. The predicted molar refractivity (Wildman–Crippen MR) is 63.5 cm³/mol. The van der Waals surface area contributed by atoms with Gasteiger partial charge in [-0.15, -0.1) is 0 Å². The van der Waals surface area contributed by atoms with Gasteiger partial charge in [0, 0.05) is 6.54 Å². The number of hydrogen-bond acceptors (Lipinski definition) is 5. The number of aromatic nitrogens is 2. The molecule has 0 saturated heterocycles. The predicted octanol–water partition coefficient (Wildman–Crippen LogP) is 1.09. The summed E-state index contributed by atoms with van der Waals surface area (Å²) in [6.45, 7) is 6.57. The Morgan fingerprint density at radius 1 is 1.47 bits per heavy atom. The molecule has 0 spiro atoms. The first-order valence-electron chi connectivity index (χ1n) is 5.51. The molecule has 1 aromatic rings. The lowest BCUT2D eigenvalue weighted by Crippen LogP contribution is -2.30. The van der Waals surface area contributed by atoms with Gasteiger partial charge in [-0.1, -0.05) is 0 Å². The van der Waals surface area contributed by atoms with Crippen LogP contribution in [0, 0.1) is 6.92 Å². The number of carboxylic acids is 1. The minimum Gasteiger partial charge on any atom is -0.480 e. The maximum absolute atomic E-state index is 10.7. The first kappa shape index (κ1) is 13.2. The van der Waals surface area contributed by atoms with Crippen molar-refractivity contribution in [3.8, 4) is 5.88 Å². The van der Waals surface area contributed by atoms with E-state index < -0.39 is 5.97 Å². The highest BCUT2D eigenvalue weighted by molar-refractivity contribution is 5.73. The third-order valence-electron chi connectivity index (χ3n) is 2.30. The largest absolute Gasteiger partial charge is 0.480 e. The summed E-state index contributed by atoms with van der Waals surface area (Å²) in [6.07, 6.45) is 1.39. The minimum atomic E-state index is -0.886. The molecule has 17 heavy (non-hydrogen) atoms. The number of likely N-dealkylation sites (N-methyl/N-ethyl adjacent to an activating group) is 1. The molecule has 1 aromatic heterocycles. The summed E-state index contributed by atoms with van der Waals surface area (Å²) in [5.74, 6) is 0.220. The van der Waals surface area contributed by atoms with Crippen LogP contribution < -0.4 is 9.64 Å². The van der Waals surface area contributed by atoms with Gasteiger partial charge in [-0.3, -0.25) is 4.79 Å². The van der Waals surface area contributed by atoms with Gasteiger partial charge in [0.25, 0.3) is 0 Å². The Hall–Kier alpha value is -1.85. The number of hydrogen-bond donors (Lipinski definition) is 1. The Morgan fingerprint density at radius 3 is 2.71 bits per heavy atom. The van der Waals surface area contributed by atoms with Gasteiger partial charge in [0.15, 0.2) is 0 Å². The molecule has 0 unspecified atom stereocenters. The normalized spacial score (nSPS) is 10.1. The number of rotatable bonds is 6. The Labute approximate surface area is 100 Å². The Morgan fingerprint density at radius 2 is 2.18 bits per heavy atom. The number of aliphatic carboxylic acids is 1. The van der Waals surface area contributed by atoms with Crippen LogP contribution >= 0.6 is 0 Å². The lowest BCUT2D eigenvalue weighted by Gasteiger charge is -2.21. The monoisotopic (exact) mass is 239 g/mol. The van der Waals surface area contributed by atoms with Gasteiger partial charge in [0.2, 0.25) is 5.88 Å². The molecule has 94 valence electrons. The summed E-state index contributed by atoms with van der Waals surface area (Å²) in [6, 6.07) is 0. The summed E-state index contributed by atoms with van der Waals surface area (Å²) >= 11 is 0. The van der Waals surface area contributed by atoms with Crippen LogP contribution in [-0.4, -0.2) is 40.7 Å². The molecule has 6 nitrogen and oxygen atoms in total. The highest BCUT2D eigenvalue weighted by Crippen LogP contribution is 2.23. The molecule has 0 aliphatic heterocycles. The maximum Gasteiger partial charge on any atom is 0.323 e. The van der Waals surface area contributed by atoms with Crippen molar-refractivity contribution in [1.29, 1.82) is 0 Å². The van der Waals surface area contributed by atoms with Crippen molar-refractivity contribution in [2.75, 3.05) is 24.6 Å². The van der Waals surface area contributed by atoms with Crippen LogP contribution in [0.2, 0.25) is 0 Å². The van der Waals surface area contributed by atoms with E-state index in [0.717, 1.165) is 5.56 Å². The molecule has 0 saturated carbocycles. The average molecular weight is 239 g/mol. The smallest absolute Gasteiger partial charge is 0.323 e. The molecule has 0 bridgehead atoms. The second-order valence-corrected chi connectivity index (χ2v) is 3.47. The van der Waals surface area contributed by atoms with E-state index in [2.05, 4.69) is 9.97 Å². The first-order chi connectivity index (χ1) is 8.10. The fraction of sp³-hybridized carbons (Fsp3) is 0.545. The number of nitrogens with zero attached hydrogens (tertiary/aromatic N) is 3. The van der Waals surface area contributed by atoms with E-state index in [9.17, 15) is 4.79 Å². The van der Waals surface area contributed by atoms with E-state index in [4.69, 9.17) is 9.84 Å². The van der Waals surface area contributed by atoms with Gasteiger partial charge in [-0.05, 0) is 20.8 Å². The quantitative estimate of drug-likeness (QED) is 0.801. The molecular formula is C11H17N3O3. The fourth-order valence-electron chi connectivity index (χ4n) is 1.53. The van der Waals surface area contributed by atoms with E-state index >= 15 is 0 Å². The zero-order valence-corrected chi connectivity index (χ0v) is 10.3. The summed E-state index contributed by atoms with van der Waals surface area (Å²) in [4.78, 5) is 20.6. The van der Waals surface area contributed by atoms with Crippen molar-refractivity contribution in [3.05, 3.63) is 11.9 Å². The Bertz CT molecular complexity index is 396. The van der Waals surface area contributed by atoms with Gasteiger partial charge in [0.05, 0.1) is 12.2 Å². The number of anilines is 1. The highest BCUT2D eigenvalue weighted by Gasteiger charge is 2.15. The van der Waals surface area contributed by atoms with Crippen molar-refractivity contribution < 1.29 is 14.6 Å². The third-order valence-corrected chi connectivity index (χ3v) is 2.30. The minimum absolute atomic E-state index is 0.0834. The van der Waals surface area contributed by atoms with E-state index in [0.29, 0.717) is 24.8 Å². The van der Waals surface area contributed by atoms with Crippen molar-refractivity contribution in [3.63, 3.8) is 0 Å². The van der Waals surface area contributed by atoms with Crippen molar-refractivity contribution in [2.45, 2.75) is 20.8 Å². The average Bonchev–Trinajstić information content (AvgIpc) is 2.29. The molecule has 0 aromatic carbocycles. The SMILES string of the molecule is CCOc1ncnc(N(CC)CC(=O)O)c1C. The number of ether oxygens (including phenoxy) is 1. The van der Waals surface area contributed by atoms with Crippen LogP contribution in [0.15, 0.2) is 6.33 Å². The van der Waals surface area contributed by atoms with Gasteiger partial charge < -0.3 is 14.7 Å². The standard InChI is InChI=1S/C11H17N3O3/c1-4-14(6-9(15)16)10-8(3)11(17-5-2)13-7-12-10/h7H,4-6H2,1-3H3,(H,15,16). The van der Waals surface area contributed by atoms with Gasteiger partial charge in [-0.25, -0.2) is 9.97 Å². The molecule has 0 atom stereocenters. The molecule has 0 radical (unpaired) electrons. The van der Waals surface area contributed by atoms with Crippen molar-refractivity contribution in [1.82, 2.24) is 9.97 Å². The van der Waals surface area contributed by atoms with E-state index in [1.54, 1.807) is 4.90 Å². The van der Waals surface area contributed by atoms with Crippen LogP contribution in [0.25, 0.3) is 0 Å². The molecule has 0 aliphatic rings. The number of carboxylic acid groups (broad SMARTS) is 1. The zero-order valence-electron chi connectivity index (χ0n) is 10.3. The van der Waals surface area contributed by atoms with Crippen LogP contribution in [0.3, 0.4) is 0 Å². The van der Waals surface area contributed by atoms with E-state index in [-0.39, 0.29) is 6.54 Å². The van der Waals surface area contributed by atoms with Crippen molar-refractivity contribution in [2.24, 2.45) is 0 Å². The first-order valence-corrected chi connectivity index (χ1v) is 5.51.